The maximum Gasteiger partial charge on any atom is 0.251 e. The molecule has 6 aromatic rings. The van der Waals surface area contributed by atoms with Gasteiger partial charge in [-0.05, 0) is 95.9 Å². The number of ether oxygens (including phenoxy) is 2. The third kappa shape index (κ3) is 11.1. The number of hydrogen-bond donors (Lipinski definition) is 2. The van der Waals surface area contributed by atoms with Crippen LogP contribution < -0.4 is 24.4 Å². The largest absolute Gasteiger partial charge is 0.493 e. The number of benzene rings is 4. The number of rotatable bonds is 16. The molecule has 0 aliphatic rings. The minimum absolute atomic E-state index is 0.268. The van der Waals surface area contributed by atoms with Crippen molar-refractivity contribution in [1.82, 2.24) is 15.3 Å². The van der Waals surface area contributed by atoms with Gasteiger partial charge in [-0.1, -0.05) is 42.5 Å². The zero-order valence-electron chi connectivity index (χ0n) is 30.5. The number of carbonyl (C=O) groups is 1. The first-order chi connectivity index (χ1) is 26.6. The fourth-order valence-corrected chi connectivity index (χ4v) is 6.50. The van der Waals surface area contributed by atoms with Gasteiger partial charge in [0.25, 0.3) is 5.91 Å². The van der Waals surface area contributed by atoms with E-state index in [2.05, 4.69) is 31.0 Å². The summed E-state index contributed by atoms with van der Waals surface area (Å²) in [5.41, 5.74) is 6.82. The number of hydrogen-bond acceptors (Lipinski definition) is 9. The van der Waals surface area contributed by atoms with Gasteiger partial charge >= 0.3 is 0 Å². The summed E-state index contributed by atoms with van der Waals surface area (Å²) in [6.45, 7) is 3.53. The Kier molecular flexibility index (Phi) is 12.4. The number of nitrogens with one attached hydrogen (secondary N) is 2. The summed E-state index contributed by atoms with van der Waals surface area (Å²) in [7, 11) is -3.49. The molecule has 0 spiro atoms. The number of sulfonamides is 1. The Morgan fingerprint density at radius 3 is 2.24 bits per heavy atom. The molecule has 55 heavy (non-hydrogen) atoms. The van der Waals surface area contributed by atoms with E-state index in [9.17, 15) is 18.5 Å². The summed E-state index contributed by atoms with van der Waals surface area (Å²) in [6.07, 6.45) is 6.97. The first kappa shape index (κ1) is 38.0. The molecule has 2 heterocycles. The van der Waals surface area contributed by atoms with E-state index in [1.165, 1.54) is 0 Å². The molecular weight excluding hydrogens is 713 g/mol. The average Bonchev–Trinajstić information content (AvgIpc) is 3.19. The number of amides is 1. The van der Waals surface area contributed by atoms with Gasteiger partial charge in [0.1, 0.15) is 17.2 Å². The Balaban J connectivity index is 1.21. The molecule has 2 aromatic heterocycles. The molecule has 0 saturated heterocycles. The molecule has 0 radical (unpaired) electrons. The first-order valence-electron chi connectivity index (χ1n) is 17.5. The highest BCUT2D eigenvalue weighted by Gasteiger charge is 2.16. The molecule has 0 unspecified atom stereocenters. The van der Waals surface area contributed by atoms with Crippen LogP contribution in [0.3, 0.4) is 0 Å². The molecular formula is C43H40N6O5S. The third-order valence-electron chi connectivity index (χ3n) is 8.61. The van der Waals surface area contributed by atoms with Crippen LogP contribution in [0.5, 0.6) is 17.2 Å². The van der Waals surface area contributed by atoms with Crippen LogP contribution in [-0.4, -0.2) is 37.2 Å². The minimum atomic E-state index is -3.49. The lowest BCUT2D eigenvalue weighted by atomic mass is 10.1. The van der Waals surface area contributed by atoms with Crippen LogP contribution in [0, 0.1) is 18.3 Å². The van der Waals surface area contributed by atoms with E-state index in [1.54, 1.807) is 55.0 Å². The summed E-state index contributed by atoms with van der Waals surface area (Å²) in [5.74, 6) is 1.19. The monoisotopic (exact) mass is 752 g/mol. The van der Waals surface area contributed by atoms with Gasteiger partial charge in [-0.15, -0.1) is 0 Å². The molecule has 1 amide bonds. The average molecular weight is 753 g/mol. The number of pyridine rings is 2. The van der Waals surface area contributed by atoms with E-state index >= 15 is 0 Å². The van der Waals surface area contributed by atoms with Crippen LogP contribution in [0.4, 0.5) is 11.4 Å². The number of anilines is 2. The first-order valence-corrected chi connectivity index (χ1v) is 19.4. The smallest absolute Gasteiger partial charge is 0.251 e. The zero-order valence-corrected chi connectivity index (χ0v) is 31.3. The lowest BCUT2D eigenvalue weighted by molar-refractivity contribution is 0.0949. The van der Waals surface area contributed by atoms with Crippen molar-refractivity contribution in [3.8, 4) is 23.3 Å². The predicted octanol–water partition coefficient (Wildman–Crippen LogP) is 7.58. The Morgan fingerprint density at radius 1 is 0.818 bits per heavy atom. The molecule has 11 nitrogen and oxygen atoms in total. The van der Waals surface area contributed by atoms with Crippen LogP contribution >= 0.6 is 0 Å². The SMILES string of the molecule is Cc1c(NS(C)(=O)=O)cccc1N(Cc1ccc(C#N)cc1)Cc1ccc(Oc2cc(OCCc3cccnc3)cc(C(=O)NCc3ccccn3)c2)cc1. The number of aromatic nitrogens is 2. The second-order valence-corrected chi connectivity index (χ2v) is 14.6. The second kappa shape index (κ2) is 17.9. The summed E-state index contributed by atoms with van der Waals surface area (Å²) >= 11 is 0. The molecule has 12 heteroatoms. The van der Waals surface area contributed by atoms with E-state index in [1.807, 2.05) is 85.8 Å². The Morgan fingerprint density at radius 2 is 1.56 bits per heavy atom. The van der Waals surface area contributed by atoms with Crippen molar-refractivity contribution in [2.45, 2.75) is 33.0 Å². The van der Waals surface area contributed by atoms with Gasteiger partial charge in [0, 0.05) is 55.4 Å². The molecule has 4 aromatic carbocycles. The zero-order chi connectivity index (χ0) is 38.6. The molecule has 2 N–H and O–H groups in total. The van der Waals surface area contributed by atoms with Gasteiger partial charge in [-0.2, -0.15) is 5.26 Å². The van der Waals surface area contributed by atoms with Gasteiger partial charge in [0.05, 0.1) is 42.4 Å². The van der Waals surface area contributed by atoms with Crippen LogP contribution in [0.1, 0.15) is 43.9 Å². The van der Waals surface area contributed by atoms with Crippen LogP contribution in [-0.2, 0) is 36.1 Å². The number of nitrogens with zero attached hydrogens (tertiary/aromatic N) is 4. The van der Waals surface area contributed by atoms with Crippen LogP contribution in [0.15, 0.2) is 134 Å². The highest BCUT2D eigenvalue weighted by atomic mass is 32.2. The van der Waals surface area contributed by atoms with E-state index in [0.29, 0.717) is 60.2 Å². The van der Waals surface area contributed by atoms with Gasteiger partial charge in [-0.3, -0.25) is 19.5 Å². The minimum Gasteiger partial charge on any atom is -0.493 e. The Labute approximate surface area is 321 Å². The molecule has 278 valence electrons. The summed E-state index contributed by atoms with van der Waals surface area (Å²) < 4.78 is 39.2. The van der Waals surface area contributed by atoms with Crippen molar-refractivity contribution in [3.63, 3.8) is 0 Å². The maximum absolute atomic E-state index is 13.3. The molecule has 0 saturated carbocycles. The van der Waals surface area contributed by atoms with E-state index < -0.39 is 10.0 Å². The molecule has 0 atom stereocenters. The highest BCUT2D eigenvalue weighted by molar-refractivity contribution is 7.92. The molecule has 6 rings (SSSR count). The van der Waals surface area contributed by atoms with E-state index in [0.717, 1.165) is 39.9 Å². The summed E-state index contributed by atoms with van der Waals surface area (Å²) in [6, 6.07) is 37.2. The number of nitriles is 1. The predicted molar refractivity (Wildman–Crippen MR) is 212 cm³/mol. The van der Waals surface area contributed by atoms with Crippen molar-refractivity contribution in [2.75, 3.05) is 22.5 Å². The lowest BCUT2D eigenvalue weighted by Gasteiger charge is -2.28. The Hall–Kier alpha value is -6.71. The standard InChI is InChI=1S/C43H40N6O5S/c1-31-41(48-55(2,51)52)9-5-10-42(31)49(29-34-13-11-32(26-44)12-14-34)30-35-15-17-38(18-16-35)54-40-24-36(43(50)47-28-37-8-3-4-21-46-37)23-39(25-40)53-22-19-33-7-6-20-45-27-33/h3-18,20-21,23-25,27,48H,19,22,28-30H2,1-2H3,(H,47,50). The van der Waals surface area contributed by atoms with Gasteiger partial charge in [0.15, 0.2) is 0 Å². The normalized spacial score (nSPS) is 10.9. The van der Waals surface area contributed by atoms with Gasteiger partial charge < -0.3 is 19.7 Å². The van der Waals surface area contributed by atoms with Crippen molar-refractivity contribution in [1.29, 1.82) is 5.26 Å². The summed E-state index contributed by atoms with van der Waals surface area (Å²) in [4.78, 5) is 23.9. The molecule has 0 fully saturated rings. The van der Waals surface area contributed by atoms with Gasteiger partial charge in [-0.25, -0.2) is 8.42 Å². The fraction of sp³-hybridized carbons (Fsp3) is 0.163. The van der Waals surface area contributed by atoms with Crippen LogP contribution in [0.2, 0.25) is 0 Å². The molecule has 0 bridgehead atoms. The fourth-order valence-electron chi connectivity index (χ4n) is 5.88. The highest BCUT2D eigenvalue weighted by Crippen LogP contribution is 2.32. The lowest BCUT2D eigenvalue weighted by Crippen LogP contribution is -2.23. The quantitative estimate of drug-likeness (QED) is 0.102. The van der Waals surface area contributed by atoms with Crippen molar-refractivity contribution >= 4 is 27.3 Å². The Bertz CT molecular complexity index is 2370. The van der Waals surface area contributed by atoms with Crippen LogP contribution in [0.25, 0.3) is 0 Å². The van der Waals surface area contributed by atoms with E-state index in [4.69, 9.17) is 9.47 Å². The topological polar surface area (TPSA) is 147 Å². The van der Waals surface area contributed by atoms with Crippen molar-refractivity contribution < 1.29 is 22.7 Å². The van der Waals surface area contributed by atoms with Crippen molar-refractivity contribution in [2.24, 2.45) is 0 Å². The second-order valence-electron chi connectivity index (χ2n) is 12.9. The third-order valence-corrected chi connectivity index (χ3v) is 9.20. The number of carbonyl (C=O) groups excluding carboxylic acids is 1. The van der Waals surface area contributed by atoms with Crippen molar-refractivity contribution in [3.05, 3.63) is 173 Å². The van der Waals surface area contributed by atoms with E-state index in [-0.39, 0.29) is 12.5 Å². The maximum atomic E-state index is 13.3. The summed E-state index contributed by atoms with van der Waals surface area (Å²) in [5, 5.41) is 12.2. The molecule has 0 aliphatic heterocycles. The molecule has 0 aliphatic carbocycles. The van der Waals surface area contributed by atoms with Gasteiger partial charge in [0.2, 0.25) is 10.0 Å².